The van der Waals surface area contributed by atoms with Crippen LogP contribution in [0.1, 0.15) is 0 Å². The zero-order valence-corrected chi connectivity index (χ0v) is 13.6. The topological polar surface area (TPSA) is 105 Å². The largest absolute Gasteiger partial charge is 0.323 e. The van der Waals surface area contributed by atoms with E-state index in [4.69, 9.17) is 23.2 Å². The standard InChI is InChI=1S/C13H8Cl2N4O3S/c14-11-17-12(15)19-13(18-11)16-9-6-5-7-3-1-2-4-8(7)10(9)23(20,21)22/h1-6H,(H,20,21,22)(H,16,17,18,19). The van der Waals surface area contributed by atoms with E-state index in [9.17, 15) is 13.0 Å². The van der Waals surface area contributed by atoms with Crippen molar-refractivity contribution < 1.29 is 13.0 Å². The molecule has 2 N–H and O–H groups in total. The Hall–Kier alpha value is -2.00. The third-order valence-corrected chi connectivity index (χ3v) is 4.26. The Balaban J connectivity index is 2.21. The Morgan fingerprint density at radius 1 is 0.957 bits per heavy atom. The predicted molar refractivity (Wildman–Crippen MR) is 86.9 cm³/mol. The van der Waals surface area contributed by atoms with Gasteiger partial charge >= 0.3 is 0 Å². The summed E-state index contributed by atoms with van der Waals surface area (Å²) in [6, 6.07) is 9.90. The molecule has 1 aromatic heterocycles. The summed E-state index contributed by atoms with van der Waals surface area (Å²) in [4.78, 5) is 10.9. The number of anilines is 2. The van der Waals surface area contributed by atoms with Crippen LogP contribution in [0.25, 0.3) is 10.8 Å². The van der Waals surface area contributed by atoms with Gasteiger partial charge < -0.3 is 5.32 Å². The summed E-state index contributed by atoms with van der Waals surface area (Å²) in [7, 11) is -4.50. The molecule has 0 saturated heterocycles. The van der Waals surface area contributed by atoms with Crippen LogP contribution in [-0.4, -0.2) is 27.9 Å². The lowest BCUT2D eigenvalue weighted by atomic mass is 10.1. The van der Waals surface area contributed by atoms with Crippen molar-refractivity contribution in [1.82, 2.24) is 15.0 Å². The van der Waals surface area contributed by atoms with E-state index in [0.29, 0.717) is 10.8 Å². The van der Waals surface area contributed by atoms with Gasteiger partial charge in [0.25, 0.3) is 10.1 Å². The summed E-state index contributed by atoms with van der Waals surface area (Å²) < 4.78 is 33.2. The number of fused-ring (bicyclic) bond motifs is 1. The molecule has 0 aliphatic carbocycles. The van der Waals surface area contributed by atoms with Crippen LogP contribution < -0.4 is 5.32 Å². The highest BCUT2D eigenvalue weighted by Crippen LogP contribution is 2.31. The lowest BCUT2D eigenvalue weighted by Gasteiger charge is -2.12. The van der Waals surface area contributed by atoms with E-state index in [0.717, 1.165) is 0 Å². The molecule has 0 unspecified atom stereocenters. The van der Waals surface area contributed by atoms with Gasteiger partial charge in [-0.05, 0) is 34.7 Å². The second kappa shape index (κ2) is 5.89. The molecule has 0 radical (unpaired) electrons. The van der Waals surface area contributed by atoms with Gasteiger partial charge in [-0.15, -0.1) is 0 Å². The van der Waals surface area contributed by atoms with Gasteiger partial charge in [-0.1, -0.05) is 30.3 Å². The first-order chi connectivity index (χ1) is 10.8. The molecule has 23 heavy (non-hydrogen) atoms. The molecule has 0 aliphatic rings. The Labute approximate surface area is 141 Å². The number of aromatic nitrogens is 3. The maximum absolute atomic E-state index is 11.8. The number of nitrogens with zero attached hydrogens (tertiary/aromatic N) is 3. The van der Waals surface area contributed by atoms with E-state index < -0.39 is 10.1 Å². The molecule has 0 aliphatic heterocycles. The molecule has 0 spiro atoms. The predicted octanol–water partition coefficient (Wildman–Crippen LogP) is 3.32. The van der Waals surface area contributed by atoms with E-state index in [2.05, 4.69) is 20.3 Å². The van der Waals surface area contributed by atoms with Gasteiger partial charge in [0.15, 0.2) is 0 Å². The fraction of sp³-hybridized carbons (Fsp3) is 0. The molecule has 0 saturated carbocycles. The first kappa shape index (κ1) is 15.9. The molecule has 7 nitrogen and oxygen atoms in total. The highest BCUT2D eigenvalue weighted by Gasteiger charge is 2.20. The van der Waals surface area contributed by atoms with Crippen LogP contribution in [0.4, 0.5) is 11.6 Å². The van der Waals surface area contributed by atoms with Crippen LogP contribution in [0, 0.1) is 0 Å². The van der Waals surface area contributed by atoms with Crippen molar-refractivity contribution in [3.8, 4) is 0 Å². The summed E-state index contributed by atoms with van der Waals surface area (Å²) >= 11 is 11.4. The van der Waals surface area contributed by atoms with Crippen molar-refractivity contribution >= 4 is 55.7 Å². The zero-order chi connectivity index (χ0) is 16.6. The van der Waals surface area contributed by atoms with Crippen LogP contribution in [0.2, 0.25) is 10.6 Å². The van der Waals surface area contributed by atoms with Crippen LogP contribution in [0.3, 0.4) is 0 Å². The smallest absolute Gasteiger partial charge is 0.297 e. The average molecular weight is 371 g/mol. The van der Waals surface area contributed by atoms with Crippen molar-refractivity contribution in [1.29, 1.82) is 0 Å². The molecule has 0 fully saturated rings. The van der Waals surface area contributed by atoms with Gasteiger partial charge in [0.05, 0.1) is 5.69 Å². The van der Waals surface area contributed by atoms with E-state index in [1.54, 1.807) is 30.3 Å². The molecule has 3 rings (SSSR count). The number of benzene rings is 2. The summed E-state index contributed by atoms with van der Waals surface area (Å²) in [6.45, 7) is 0. The third kappa shape index (κ3) is 3.35. The van der Waals surface area contributed by atoms with E-state index in [-0.39, 0.29) is 27.1 Å². The zero-order valence-electron chi connectivity index (χ0n) is 11.2. The third-order valence-electron chi connectivity index (χ3n) is 2.96. The summed E-state index contributed by atoms with van der Waals surface area (Å²) in [5.74, 6) is -0.0461. The normalized spacial score (nSPS) is 11.6. The monoisotopic (exact) mass is 370 g/mol. The fourth-order valence-corrected chi connectivity index (χ4v) is 3.35. The maximum Gasteiger partial charge on any atom is 0.297 e. The molecule has 3 aromatic rings. The van der Waals surface area contributed by atoms with Gasteiger partial charge in [0.1, 0.15) is 4.90 Å². The average Bonchev–Trinajstić information content (AvgIpc) is 2.44. The van der Waals surface area contributed by atoms with Gasteiger partial charge in [-0.3, -0.25) is 4.55 Å². The molecular weight excluding hydrogens is 363 g/mol. The van der Waals surface area contributed by atoms with Gasteiger partial charge in [-0.25, -0.2) is 0 Å². The lowest BCUT2D eigenvalue weighted by molar-refractivity contribution is 0.484. The Morgan fingerprint density at radius 2 is 1.61 bits per heavy atom. The molecule has 1 heterocycles. The minimum Gasteiger partial charge on any atom is -0.323 e. The molecule has 0 atom stereocenters. The number of hydrogen-bond acceptors (Lipinski definition) is 6. The van der Waals surface area contributed by atoms with Crippen molar-refractivity contribution in [2.75, 3.05) is 5.32 Å². The van der Waals surface area contributed by atoms with E-state index >= 15 is 0 Å². The second-order valence-electron chi connectivity index (χ2n) is 4.46. The quantitative estimate of drug-likeness (QED) is 0.681. The Morgan fingerprint density at radius 3 is 2.26 bits per heavy atom. The van der Waals surface area contributed by atoms with Crippen molar-refractivity contribution in [3.63, 3.8) is 0 Å². The minimum absolute atomic E-state index is 0.0461. The van der Waals surface area contributed by atoms with Crippen molar-refractivity contribution in [3.05, 3.63) is 47.0 Å². The molecule has 118 valence electrons. The highest BCUT2D eigenvalue weighted by atomic mass is 35.5. The summed E-state index contributed by atoms with van der Waals surface area (Å²) in [5, 5.41) is 3.38. The highest BCUT2D eigenvalue weighted by molar-refractivity contribution is 7.86. The lowest BCUT2D eigenvalue weighted by Crippen LogP contribution is -2.06. The molecule has 0 amide bonds. The number of nitrogens with one attached hydrogen (secondary N) is 1. The molecular formula is C13H8Cl2N4O3S. The fourth-order valence-electron chi connectivity index (χ4n) is 2.12. The van der Waals surface area contributed by atoms with Crippen LogP contribution >= 0.6 is 23.2 Å². The molecule has 2 aromatic carbocycles. The van der Waals surface area contributed by atoms with Crippen LogP contribution in [0.5, 0.6) is 0 Å². The maximum atomic E-state index is 11.8. The van der Waals surface area contributed by atoms with Gasteiger partial charge in [0.2, 0.25) is 16.5 Å². The second-order valence-corrected chi connectivity index (χ2v) is 6.50. The summed E-state index contributed by atoms with van der Waals surface area (Å²) in [5.41, 5.74) is 0.0875. The first-order valence-electron chi connectivity index (χ1n) is 6.18. The molecule has 10 heteroatoms. The number of rotatable bonds is 3. The molecule has 0 bridgehead atoms. The Bertz CT molecular complexity index is 991. The SMILES string of the molecule is O=S(=O)(O)c1c(Nc2nc(Cl)nc(Cl)n2)ccc2ccccc12. The minimum atomic E-state index is -4.50. The van der Waals surface area contributed by atoms with E-state index in [1.807, 2.05) is 0 Å². The van der Waals surface area contributed by atoms with Crippen LogP contribution in [0.15, 0.2) is 41.3 Å². The van der Waals surface area contributed by atoms with Crippen molar-refractivity contribution in [2.24, 2.45) is 0 Å². The Kier molecular flexibility index (Phi) is 4.07. The van der Waals surface area contributed by atoms with Gasteiger partial charge in [-0.2, -0.15) is 23.4 Å². The van der Waals surface area contributed by atoms with Gasteiger partial charge in [0, 0.05) is 5.39 Å². The summed E-state index contributed by atoms with van der Waals surface area (Å²) in [6.07, 6.45) is 0. The first-order valence-corrected chi connectivity index (χ1v) is 8.37. The number of halogens is 2. The van der Waals surface area contributed by atoms with E-state index in [1.165, 1.54) is 6.07 Å². The number of hydrogen-bond donors (Lipinski definition) is 2. The van der Waals surface area contributed by atoms with Crippen LogP contribution in [-0.2, 0) is 10.1 Å². The van der Waals surface area contributed by atoms with Crippen molar-refractivity contribution in [2.45, 2.75) is 4.90 Å².